The van der Waals surface area contributed by atoms with Crippen LogP contribution in [-0.4, -0.2) is 11.0 Å². The molecule has 1 fully saturated rings. The van der Waals surface area contributed by atoms with Gasteiger partial charge in [-0.15, -0.1) is 0 Å². The van der Waals surface area contributed by atoms with Crippen molar-refractivity contribution in [1.29, 1.82) is 0 Å². The van der Waals surface area contributed by atoms with Gasteiger partial charge in [-0.25, -0.2) is 0 Å². The number of hydrogen-bond acceptors (Lipinski definition) is 2. The van der Waals surface area contributed by atoms with E-state index in [1.54, 1.807) is 0 Å². The summed E-state index contributed by atoms with van der Waals surface area (Å²) in [4.78, 5) is 12.9. The molecule has 1 saturated heterocycles. The summed E-state index contributed by atoms with van der Waals surface area (Å²) < 4.78 is 0.961. The van der Waals surface area contributed by atoms with E-state index < -0.39 is 5.54 Å². The van der Waals surface area contributed by atoms with Crippen molar-refractivity contribution in [2.75, 3.05) is 0 Å². The van der Waals surface area contributed by atoms with Crippen molar-refractivity contribution < 1.29 is 4.79 Å². The number of fused-ring (bicyclic) bond motifs is 2. The number of benzene rings is 2. The number of amides is 1. The van der Waals surface area contributed by atoms with Crippen LogP contribution in [0.25, 0.3) is 0 Å². The first-order valence-corrected chi connectivity index (χ1v) is 9.74. The van der Waals surface area contributed by atoms with E-state index in [1.165, 1.54) is 11.1 Å². The van der Waals surface area contributed by atoms with E-state index >= 15 is 0 Å². The van der Waals surface area contributed by atoms with E-state index in [2.05, 4.69) is 44.8 Å². The maximum Gasteiger partial charge on any atom is 0.256 e. The minimum absolute atomic E-state index is 0.0716. The van der Waals surface area contributed by atoms with Crippen LogP contribution in [0.15, 0.2) is 46.9 Å². The second-order valence-electron chi connectivity index (χ2n) is 6.61. The molecule has 2 aromatic carbocycles. The van der Waals surface area contributed by atoms with Crippen molar-refractivity contribution >= 4 is 50.8 Å². The maximum atomic E-state index is 12.9. The minimum Gasteiger partial charge on any atom is -0.344 e. The summed E-state index contributed by atoms with van der Waals surface area (Å²) in [5, 5.41) is 7.18. The molecule has 25 heavy (non-hydrogen) atoms. The van der Waals surface area contributed by atoms with Crippen molar-refractivity contribution in [3.05, 3.63) is 68.7 Å². The van der Waals surface area contributed by atoms with Gasteiger partial charge in [-0.3, -0.25) is 4.79 Å². The first-order valence-electron chi connectivity index (χ1n) is 8.16. The summed E-state index contributed by atoms with van der Waals surface area (Å²) in [5.74, 6) is 0.167. The van der Waals surface area contributed by atoms with Gasteiger partial charge in [0.15, 0.2) is 5.11 Å². The molecule has 1 spiro atoms. The third-order valence-corrected chi connectivity index (χ3v) is 6.08. The van der Waals surface area contributed by atoms with Gasteiger partial charge in [0.1, 0.15) is 5.54 Å². The van der Waals surface area contributed by atoms with Crippen LogP contribution in [0.1, 0.15) is 35.4 Å². The average Bonchev–Trinajstić information content (AvgIpc) is 2.77. The molecule has 2 aliphatic rings. The number of carbonyl (C=O) groups is 1. The molecule has 6 heteroatoms. The van der Waals surface area contributed by atoms with Gasteiger partial charge in [-0.2, -0.15) is 0 Å². The topological polar surface area (TPSA) is 41.1 Å². The Labute approximate surface area is 165 Å². The molecule has 3 nitrogen and oxygen atoms in total. The number of aryl methyl sites for hydroxylation is 1. The largest absolute Gasteiger partial charge is 0.344 e. The molecule has 0 saturated carbocycles. The van der Waals surface area contributed by atoms with Crippen molar-refractivity contribution in [3.8, 4) is 0 Å². The molecule has 128 valence electrons. The lowest BCUT2D eigenvalue weighted by Crippen LogP contribution is -2.45. The second-order valence-corrected chi connectivity index (χ2v) is 8.37. The fourth-order valence-electron chi connectivity index (χ4n) is 3.92. The monoisotopic (exact) mass is 434 g/mol. The molecule has 1 amide bonds. The molecular formula is C19H16BrClN2OS. The first-order chi connectivity index (χ1) is 12.0. The Hall–Kier alpha value is -1.43. The van der Waals surface area contributed by atoms with E-state index in [0.29, 0.717) is 11.5 Å². The molecule has 1 aliphatic carbocycles. The Bertz CT molecular complexity index is 870. The molecule has 1 heterocycles. The van der Waals surface area contributed by atoms with E-state index in [1.807, 2.05) is 24.3 Å². The molecule has 0 radical (unpaired) electrons. The molecule has 2 unspecified atom stereocenters. The number of nitrogens with one attached hydrogen (secondary N) is 2. The van der Waals surface area contributed by atoms with E-state index in [-0.39, 0.29) is 11.8 Å². The Morgan fingerprint density at radius 3 is 2.64 bits per heavy atom. The molecule has 0 bridgehead atoms. The van der Waals surface area contributed by atoms with Gasteiger partial charge >= 0.3 is 0 Å². The van der Waals surface area contributed by atoms with Gasteiger partial charge in [-0.05, 0) is 78.4 Å². The lowest BCUT2D eigenvalue weighted by atomic mass is 9.79. The highest BCUT2D eigenvalue weighted by atomic mass is 79.9. The second kappa shape index (κ2) is 6.38. The fraction of sp³-hybridized carbons (Fsp3) is 0.263. The molecule has 2 aromatic rings. The third kappa shape index (κ3) is 2.98. The third-order valence-electron chi connectivity index (χ3n) is 5.13. The molecular weight excluding hydrogens is 420 g/mol. The van der Waals surface area contributed by atoms with Crippen LogP contribution in [0.2, 0.25) is 5.02 Å². The van der Waals surface area contributed by atoms with Gasteiger partial charge in [0.05, 0.1) is 0 Å². The van der Waals surface area contributed by atoms with E-state index in [0.717, 1.165) is 27.9 Å². The number of hydrogen-bond donors (Lipinski definition) is 2. The van der Waals surface area contributed by atoms with E-state index in [4.69, 9.17) is 23.8 Å². The number of thiocarbonyl (C=S) groups is 1. The lowest BCUT2D eigenvalue weighted by Gasteiger charge is -2.30. The summed E-state index contributed by atoms with van der Waals surface area (Å²) in [7, 11) is 0. The van der Waals surface area contributed by atoms with Crippen LogP contribution >= 0.6 is 39.7 Å². The van der Waals surface area contributed by atoms with Gasteiger partial charge in [0.25, 0.3) is 5.91 Å². The molecule has 2 atom stereocenters. The highest BCUT2D eigenvalue weighted by molar-refractivity contribution is 9.10. The zero-order chi connectivity index (χ0) is 17.6. The SMILES string of the molecule is O=C1NC(=S)NC12CC(c1ccc(Cl)cc1)CCc1ccc(Br)cc12. The number of halogens is 2. The summed E-state index contributed by atoms with van der Waals surface area (Å²) in [5.41, 5.74) is 2.57. The Morgan fingerprint density at radius 1 is 1.20 bits per heavy atom. The lowest BCUT2D eigenvalue weighted by molar-refractivity contribution is -0.124. The molecule has 0 aromatic heterocycles. The highest BCUT2D eigenvalue weighted by Gasteiger charge is 2.49. The molecule has 2 N–H and O–H groups in total. The summed E-state index contributed by atoms with van der Waals surface area (Å²) in [6.45, 7) is 0. The van der Waals surface area contributed by atoms with Crippen LogP contribution < -0.4 is 10.6 Å². The van der Waals surface area contributed by atoms with Crippen LogP contribution in [0.4, 0.5) is 0 Å². The van der Waals surface area contributed by atoms with Crippen LogP contribution in [0, 0.1) is 0 Å². The normalized spacial score (nSPS) is 25.3. The van der Waals surface area contributed by atoms with Gasteiger partial charge < -0.3 is 10.6 Å². The van der Waals surface area contributed by atoms with Crippen molar-refractivity contribution in [2.45, 2.75) is 30.7 Å². The minimum atomic E-state index is -0.822. The summed E-state index contributed by atoms with van der Waals surface area (Å²) in [6, 6.07) is 14.1. The quantitative estimate of drug-likeness (QED) is 0.651. The summed E-state index contributed by atoms with van der Waals surface area (Å²) >= 11 is 14.8. The molecule has 4 rings (SSSR count). The smallest absolute Gasteiger partial charge is 0.256 e. The molecule has 1 aliphatic heterocycles. The maximum absolute atomic E-state index is 12.9. The van der Waals surface area contributed by atoms with Gasteiger partial charge in [0, 0.05) is 9.50 Å². The van der Waals surface area contributed by atoms with Crippen molar-refractivity contribution in [3.63, 3.8) is 0 Å². The number of carbonyl (C=O) groups excluding carboxylic acids is 1. The number of rotatable bonds is 1. The zero-order valence-electron chi connectivity index (χ0n) is 13.3. The van der Waals surface area contributed by atoms with Crippen LogP contribution in [0.5, 0.6) is 0 Å². The predicted molar refractivity (Wildman–Crippen MR) is 107 cm³/mol. The van der Waals surface area contributed by atoms with Crippen LogP contribution in [0.3, 0.4) is 0 Å². The van der Waals surface area contributed by atoms with Crippen molar-refractivity contribution in [2.24, 2.45) is 0 Å². The predicted octanol–water partition coefficient (Wildman–Crippen LogP) is 4.42. The Kier molecular flexibility index (Phi) is 4.34. The Morgan fingerprint density at radius 2 is 1.96 bits per heavy atom. The zero-order valence-corrected chi connectivity index (χ0v) is 16.5. The fourth-order valence-corrected chi connectivity index (χ4v) is 4.67. The standard InChI is InChI=1S/C19H16BrClN2OS/c20-14-6-3-12-1-2-13(11-4-7-15(21)8-5-11)10-19(16(12)9-14)17(24)22-18(25)23-19/h3-9,13H,1-2,10H2,(H2,22,23,24,25). The summed E-state index contributed by atoms with van der Waals surface area (Å²) in [6.07, 6.45) is 2.54. The van der Waals surface area contributed by atoms with Crippen molar-refractivity contribution in [1.82, 2.24) is 10.6 Å². The first kappa shape index (κ1) is 17.0. The van der Waals surface area contributed by atoms with Gasteiger partial charge in [-0.1, -0.05) is 45.7 Å². The average molecular weight is 436 g/mol. The van der Waals surface area contributed by atoms with Crippen LogP contribution in [-0.2, 0) is 16.8 Å². The Balaban J connectivity index is 1.83. The van der Waals surface area contributed by atoms with E-state index in [9.17, 15) is 4.79 Å². The van der Waals surface area contributed by atoms with Gasteiger partial charge in [0.2, 0.25) is 0 Å². The highest BCUT2D eigenvalue weighted by Crippen LogP contribution is 2.43.